The van der Waals surface area contributed by atoms with E-state index in [2.05, 4.69) is 15.8 Å². The van der Waals surface area contributed by atoms with Crippen molar-refractivity contribution in [3.05, 3.63) is 52.2 Å². The molecule has 2 aromatic rings. The molecule has 2 amide bonds. The molecule has 3 rings (SSSR count). The number of benzene rings is 1. The molecule has 1 aliphatic rings. The zero-order valence-corrected chi connectivity index (χ0v) is 13.4. The maximum absolute atomic E-state index is 13.4. The van der Waals surface area contributed by atoms with Crippen molar-refractivity contribution in [3.63, 3.8) is 0 Å². The molecule has 0 fully saturated rings. The summed E-state index contributed by atoms with van der Waals surface area (Å²) in [5.41, 5.74) is 3.61. The second-order valence-corrected chi connectivity index (χ2v) is 6.01. The number of halogens is 1. The maximum Gasteiger partial charge on any atom is 0.315 e. The van der Waals surface area contributed by atoms with Crippen LogP contribution in [0.3, 0.4) is 0 Å². The second-order valence-electron chi connectivity index (χ2n) is 6.01. The number of urea groups is 1. The van der Waals surface area contributed by atoms with E-state index >= 15 is 0 Å². The number of nitrogens with zero attached hydrogens (tertiary/aromatic N) is 1. The molecule has 0 saturated heterocycles. The highest BCUT2D eigenvalue weighted by Gasteiger charge is 2.25. The molecule has 6 heteroatoms. The Morgan fingerprint density at radius 3 is 2.91 bits per heavy atom. The minimum absolute atomic E-state index is 0.155. The highest BCUT2D eigenvalue weighted by Crippen LogP contribution is 2.31. The zero-order valence-electron chi connectivity index (χ0n) is 13.4. The molecule has 5 nitrogen and oxygen atoms in total. The van der Waals surface area contributed by atoms with Gasteiger partial charge >= 0.3 is 6.03 Å². The molecule has 0 unspecified atom stereocenters. The van der Waals surface area contributed by atoms with Gasteiger partial charge in [-0.1, -0.05) is 11.2 Å². The Hall–Kier alpha value is -2.37. The van der Waals surface area contributed by atoms with Gasteiger partial charge in [0.15, 0.2) is 0 Å². The van der Waals surface area contributed by atoms with Crippen molar-refractivity contribution in [2.45, 2.75) is 45.7 Å². The molecule has 0 aliphatic heterocycles. The molecular weight excluding hydrogens is 297 g/mol. The van der Waals surface area contributed by atoms with Crippen molar-refractivity contribution in [1.82, 2.24) is 15.8 Å². The van der Waals surface area contributed by atoms with Gasteiger partial charge in [-0.2, -0.15) is 0 Å². The van der Waals surface area contributed by atoms with Crippen LogP contribution in [-0.2, 0) is 6.42 Å². The fraction of sp³-hybridized carbons (Fsp3) is 0.412. The highest BCUT2D eigenvalue weighted by molar-refractivity contribution is 5.75. The summed E-state index contributed by atoms with van der Waals surface area (Å²) in [4.78, 5) is 12.3. The van der Waals surface area contributed by atoms with Crippen LogP contribution in [0, 0.1) is 19.7 Å². The number of carbonyl (C=O) groups is 1. The van der Waals surface area contributed by atoms with Gasteiger partial charge < -0.3 is 15.2 Å². The van der Waals surface area contributed by atoms with Crippen molar-refractivity contribution < 1.29 is 13.7 Å². The molecule has 0 radical (unpaired) electrons. The van der Waals surface area contributed by atoms with Gasteiger partial charge in [0.05, 0.1) is 17.8 Å². The highest BCUT2D eigenvalue weighted by atomic mass is 19.1. The molecule has 1 aliphatic carbocycles. The van der Waals surface area contributed by atoms with Crippen LogP contribution >= 0.6 is 0 Å². The van der Waals surface area contributed by atoms with Crippen LogP contribution in [0.1, 0.15) is 53.6 Å². The molecular formula is C17H20FN3O2. The Balaban J connectivity index is 1.66. The second kappa shape index (κ2) is 6.02. The third-order valence-electron chi connectivity index (χ3n) is 4.36. The van der Waals surface area contributed by atoms with Crippen molar-refractivity contribution in [3.8, 4) is 0 Å². The largest absolute Gasteiger partial charge is 0.361 e. The lowest BCUT2D eigenvalue weighted by molar-refractivity contribution is 0.234. The Bertz CT molecular complexity index is 722. The van der Waals surface area contributed by atoms with Crippen LogP contribution in [0.4, 0.5) is 9.18 Å². The summed E-state index contributed by atoms with van der Waals surface area (Å²) in [6.45, 7) is 5.55. The summed E-state index contributed by atoms with van der Waals surface area (Å²) in [5, 5.41) is 9.72. The van der Waals surface area contributed by atoms with E-state index in [0.29, 0.717) is 5.76 Å². The van der Waals surface area contributed by atoms with Gasteiger partial charge in [-0.05, 0) is 56.9 Å². The lowest BCUT2D eigenvalue weighted by Crippen LogP contribution is -2.38. The van der Waals surface area contributed by atoms with Crippen molar-refractivity contribution in [2.75, 3.05) is 0 Å². The van der Waals surface area contributed by atoms with E-state index in [1.54, 1.807) is 6.07 Å². The van der Waals surface area contributed by atoms with Gasteiger partial charge in [-0.25, -0.2) is 9.18 Å². The Morgan fingerprint density at radius 2 is 2.22 bits per heavy atom. The van der Waals surface area contributed by atoms with Crippen LogP contribution in [0.2, 0.25) is 0 Å². The quantitative estimate of drug-likeness (QED) is 0.911. The van der Waals surface area contributed by atoms with Gasteiger partial charge in [0, 0.05) is 5.56 Å². The Morgan fingerprint density at radius 1 is 1.43 bits per heavy atom. The standard InChI is InChI=1S/C17H20FN3O2/c1-9(16-10(2)21-23-11(16)3)19-17(22)20-15-7-5-12-4-6-13(18)8-14(12)15/h4,6,8-9,15H,5,7H2,1-3H3,(H2,19,20,22)/t9-,15-/m1/s1. The summed E-state index contributed by atoms with van der Waals surface area (Å²) in [7, 11) is 0. The predicted molar refractivity (Wildman–Crippen MR) is 83.5 cm³/mol. The molecule has 1 aromatic carbocycles. The SMILES string of the molecule is Cc1noc(C)c1[C@@H](C)NC(=O)N[C@@H]1CCc2ccc(F)cc21. The minimum atomic E-state index is -0.278. The fourth-order valence-corrected chi connectivity index (χ4v) is 3.30. The summed E-state index contributed by atoms with van der Waals surface area (Å²) >= 11 is 0. The van der Waals surface area contributed by atoms with Crippen LogP contribution < -0.4 is 10.6 Å². The molecule has 1 heterocycles. The lowest BCUT2D eigenvalue weighted by Gasteiger charge is -2.18. The molecule has 2 N–H and O–H groups in total. The minimum Gasteiger partial charge on any atom is -0.361 e. The fourth-order valence-electron chi connectivity index (χ4n) is 3.30. The maximum atomic E-state index is 13.4. The van der Waals surface area contributed by atoms with Gasteiger partial charge in [-0.3, -0.25) is 0 Å². The van der Waals surface area contributed by atoms with Gasteiger partial charge in [0.1, 0.15) is 11.6 Å². The first kappa shape index (κ1) is 15.5. The van der Waals surface area contributed by atoms with E-state index in [9.17, 15) is 9.18 Å². The number of carbonyl (C=O) groups excluding carboxylic acids is 1. The van der Waals surface area contributed by atoms with Gasteiger partial charge in [-0.15, -0.1) is 0 Å². The molecule has 0 bridgehead atoms. The van der Waals surface area contributed by atoms with E-state index in [-0.39, 0.29) is 23.9 Å². The van der Waals surface area contributed by atoms with E-state index in [0.717, 1.165) is 35.2 Å². The van der Waals surface area contributed by atoms with E-state index in [4.69, 9.17) is 4.52 Å². The lowest BCUT2D eigenvalue weighted by atomic mass is 10.1. The van der Waals surface area contributed by atoms with Gasteiger partial charge in [0.25, 0.3) is 0 Å². The van der Waals surface area contributed by atoms with E-state index in [1.807, 2.05) is 20.8 Å². The molecule has 1 aromatic heterocycles. The van der Waals surface area contributed by atoms with E-state index in [1.165, 1.54) is 12.1 Å². The smallest absolute Gasteiger partial charge is 0.315 e. The summed E-state index contributed by atoms with van der Waals surface area (Å²) < 4.78 is 18.5. The normalized spacial score (nSPS) is 17.7. The zero-order chi connectivity index (χ0) is 16.6. The monoisotopic (exact) mass is 317 g/mol. The van der Waals surface area contributed by atoms with Crippen LogP contribution in [0.15, 0.2) is 22.7 Å². The molecule has 0 saturated carbocycles. The molecule has 0 spiro atoms. The Labute approximate surface area is 134 Å². The molecule has 23 heavy (non-hydrogen) atoms. The van der Waals surface area contributed by atoms with Crippen LogP contribution in [-0.4, -0.2) is 11.2 Å². The third kappa shape index (κ3) is 3.06. The number of fused-ring (bicyclic) bond motifs is 1. The summed E-state index contributed by atoms with van der Waals surface area (Å²) in [5.74, 6) is 0.422. The number of nitrogens with one attached hydrogen (secondary N) is 2. The predicted octanol–water partition coefficient (Wildman–Crippen LogP) is 3.48. The van der Waals surface area contributed by atoms with Crippen molar-refractivity contribution in [1.29, 1.82) is 0 Å². The van der Waals surface area contributed by atoms with Crippen molar-refractivity contribution >= 4 is 6.03 Å². The number of aryl methyl sites for hydroxylation is 3. The average molecular weight is 317 g/mol. The first-order valence-corrected chi connectivity index (χ1v) is 7.74. The number of rotatable bonds is 3. The number of hydrogen-bond acceptors (Lipinski definition) is 3. The average Bonchev–Trinajstić information content (AvgIpc) is 3.02. The first-order valence-electron chi connectivity index (χ1n) is 7.74. The summed E-state index contributed by atoms with van der Waals surface area (Å²) in [6.07, 6.45) is 1.63. The van der Waals surface area contributed by atoms with Crippen LogP contribution in [0.5, 0.6) is 0 Å². The third-order valence-corrected chi connectivity index (χ3v) is 4.36. The first-order chi connectivity index (χ1) is 11.0. The summed E-state index contributed by atoms with van der Waals surface area (Å²) in [6, 6.07) is 4.11. The van der Waals surface area contributed by atoms with Crippen LogP contribution in [0.25, 0.3) is 0 Å². The van der Waals surface area contributed by atoms with Gasteiger partial charge in [0.2, 0.25) is 0 Å². The van der Waals surface area contributed by atoms with Crippen molar-refractivity contribution in [2.24, 2.45) is 0 Å². The number of aromatic nitrogens is 1. The molecule has 2 atom stereocenters. The number of hydrogen-bond donors (Lipinski definition) is 2. The van der Waals surface area contributed by atoms with E-state index < -0.39 is 0 Å². The molecule has 122 valence electrons. The topological polar surface area (TPSA) is 67.2 Å². The number of amides is 2. The Kier molecular flexibility index (Phi) is 4.07.